The lowest BCUT2D eigenvalue weighted by Gasteiger charge is -2.22. The smallest absolute Gasteiger partial charge is 0.410 e. The first kappa shape index (κ1) is 22.0. The number of rotatable bonds is 4. The number of amides is 1. The summed E-state index contributed by atoms with van der Waals surface area (Å²) in [5, 5.41) is 10.9. The van der Waals surface area contributed by atoms with E-state index in [1.54, 1.807) is 30.0 Å². The minimum Gasteiger partial charge on any atom is -0.493 e. The fourth-order valence-electron chi connectivity index (χ4n) is 3.90. The van der Waals surface area contributed by atoms with Crippen LogP contribution in [0.2, 0.25) is 0 Å². The average molecular weight is 456 g/mol. The first-order valence-electron chi connectivity index (χ1n) is 10.4. The summed E-state index contributed by atoms with van der Waals surface area (Å²) in [4.78, 5) is 18.1. The topological polar surface area (TPSA) is 100 Å². The number of sulfonamides is 1. The fourth-order valence-corrected chi connectivity index (χ4v) is 5.65. The third kappa shape index (κ3) is 4.39. The lowest BCUT2D eigenvalue weighted by atomic mass is 10.1. The highest BCUT2D eigenvalue weighted by atomic mass is 32.2. The highest BCUT2D eigenvalue weighted by Crippen LogP contribution is 2.32. The third-order valence-electron chi connectivity index (χ3n) is 5.58. The van der Waals surface area contributed by atoms with E-state index in [4.69, 9.17) is 4.74 Å². The molecule has 2 aromatic carbocycles. The zero-order valence-electron chi connectivity index (χ0n) is 17.8. The van der Waals surface area contributed by atoms with Crippen LogP contribution in [0.1, 0.15) is 17.5 Å². The number of benzene rings is 2. The molecule has 0 atom stereocenters. The molecule has 3 aromatic rings. The quantitative estimate of drug-likeness (QED) is 0.648. The van der Waals surface area contributed by atoms with E-state index >= 15 is 0 Å². The molecule has 0 bridgehead atoms. The first-order valence-corrected chi connectivity index (χ1v) is 11.8. The van der Waals surface area contributed by atoms with Crippen LogP contribution in [0.3, 0.4) is 0 Å². The molecule has 1 fully saturated rings. The second-order valence-corrected chi connectivity index (χ2v) is 9.63. The van der Waals surface area contributed by atoms with Gasteiger partial charge in [-0.2, -0.15) is 4.31 Å². The Hall–Kier alpha value is -3.17. The molecular weight excluding hydrogens is 430 g/mol. The molecule has 2 heterocycles. The molecule has 1 amide bonds. The van der Waals surface area contributed by atoms with Crippen LogP contribution in [-0.2, 0) is 21.4 Å². The van der Waals surface area contributed by atoms with Crippen LogP contribution in [0.15, 0.2) is 59.6 Å². The van der Waals surface area contributed by atoms with Crippen molar-refractivity contribution in [3.05, 3.63) is 65.9 Å². The molecule has 168 valence electrons. The SMILES string of the molecule is Cc1cnc(O)c2cccc(S(=O)(=O)N3CCCN(C(=O)OCc4ccccc4)CC3)c12. The Kier molecular flexibility index (Phi) is 6.29. The number of aromatic nitrogens is 1. The van der Waals surface area contributed by atoms with Gasteiger partial charge in [0.05, 0.1) is 4.90 Å². The van der Waals surface area contributed by atoms with Crippen molar-refractivity contribution in [3.63, 3.8) is 0 Å². The molecule has 1 N–H and O–H groups in total. The Labute approximate surface area is 187 Å². The summed E-state index contributed by atoms with van der Waals surface area (Å²) in [6.45, 7) is 3.04. The summed E-state index contributed by atoms with van der Waals surface area (Å²) in [5.41, 5.74) is 1.56. The standard InChI is InChI=1S/C23H25N3O5S/c1-17-15-24-22(27)19-9-5-10-20(21(17)19)32(29,30)26-12-6-11-25(13-14-26)23(28)31-16-18-7-3-2-4-8-18/h2-5,7-10,15H,6,11-14,16H2,1H3,(H,24,27). The van der Waals surface area contributed by atoms with Gasteiger partial charge in [0.15, 0.2) is 0 Å². The van der Waals surface area contributed by atoms with Gasteiger partial charge in [0.2, 0.25) is 15.9 Å². The van der Waals surface area contributed by atoms with Gasteiger partial charge in [0, 0.05) is 43.1 Å². The van der Waals surface area contributed by atoms with Gasteiger partial charge in [-0.3, -0.25) is 0 Å². The minimum absolute atomic E-state index is 0.130. The normalized spacial score (nSPS) is 15.5. The molecule has 0 spiro atoms. The monoisotopic (exact) mass is 455 g/mol. The number of carbonyl (C=O) groups excluding carboxylic acids is 1. The molecular formula is C23H25N3O5S. The molecule has 8 nitrogen and oxygen atoms in total. The van der Waals surface area contributed by atoms with Gasteiger partial charge in [-0.15, -0.1) is 0 Å². The summed E-state index contributed by atoms with van der Waals surface area (Å²) < 4.78 is 33.8. The van der Waals surface area contributed by atoms with E-state index in [-0.39, 0.29) is 37.0 Å². The summed E-state index contributed by atoms with van der Waals surface area (Å²) in [7, 11) is -3.84. The van der Waals surface area contributed by atoms with E-state index in [1.807, 2.05) is 30.3 Å². The number of hydrogen-bond acceptors (Lipinski definition) is 6. The molecule has 9 heteroatoms. The molecule has 32 heavy (non-hydrogen) atoms. The van der Waals surface area contributed by atoms with Crippen molar-refractivity contribution in [1.82, 2.24) is 14.2 Å². The van der Waals surface area contributed by atoms with Gasteiger partial charge in [-0.1, -0.05) is 36.4 Å². The van der Waals surface area contributed by atoms with Crippen LogP contribution in [0, 0.1) is 6.92 Å². The van der Waals surface area contributed by atoms with Crippen molar-refractivity contribution in [1.29, 1.82) is 0 Å². The largest absolute Gasteiger partial charge is 0.493 e. The van der Waals surface area contributed by atoms with Crippen molar-refractivity contribution >= 4 is 26.9 Å². The molecule has 0 unspecified atom stereocenters. The van der Waals surface area contributed by atoms with E-state index in [2.05, 4.69) is 4.98 Å². The maximum Gasteiger partial charge on any atom is 0.410 e. The summed E-state index contributed by atoms with van der Waals surface area (Å²) in [6, 6.07) is 14.2. The molecule has 1 saturated heterocycles. The summed E-state index contributed by atoms with van der Waals surface area (Å²) >= 11 is 0. The number of nitrogens with zero attached hydrogens (tertiary/aromatic N) is 3. The van der Waals surface area contributed by atoms with Gasteiger partial charge in [0.1, 0.15) is 6.61 Å². The Morgan fingerprint density at radius 1 is 1.06 bits per heavy atom. The molecule has 1 aliphatic rings. The molecule has 1 aromatic heterocycles. The molecule has 0 aliphatic carbocycles. The molecule has 0 saturated carbocycles. The van der Waals surface area contributed by atoms with Gasteiger partial charge in [-0.05, 0) is 36.6 Å². The third-order valence-corrected chi connectivity index (χ3v) is 7.52. The first-order chi connectivity index (χ1) is 15.4. The van der Waals surface area contributed by atoms with Crippen LogP contribution >= 0.6 is 0 Å². The Morgan fingerprint density at radius 2 is 1.84 bits per heavy atom. The van der Waals surface area contributed by atoms with Crippen LogP contribution < -0.4 is 0 Å². The number of hydrogen-bond donors (Lipinski definition) is 1. The van der Waals surface area contributed by atoms with E-state index in [0.29, 0.717) is 29.3 Å². The maximum atomic E-state index is 13.5. The predicted octanol–water partition coefficient (Wildman–Crippen LogP) is 3.28. The van der Waals surface area contributed by atoms with E-state index in [0.717, 1.165) is 5.56 Å². The predicted molar refractivity (Wildman–Crippen MR) is 120 cm³/mol. The van der Waals surface area contributed by atoms with Crippen molar-refractivity contribution in [2.45, 2.75) is 24.8 Å². The number of fused-ring (bicyclic) bond motifs is 1. The number of aromatic hydroxyl groups is 1. The number of carbonyl (C=O) groups is 1. The van der Waals surface area contributed by atoms with Crippen molar-refractivity contribution in [2.75, 3.05) is 26.2 Å². The Bertz CT molecular complexity index is 1230. The van der Waals surface area contributed by atoms with Crippen molar-refractivity contribution < 1.29 is 23.1 Å². The Morgan fingerprint density at radius 3 is 2.62 bits per heavy atom. The molecule has 0 radical (unpaired) electrons. The zero-order chi connectivity index (χ0) is 22.7. The lowest BCUT2D eigenvalue weighted by Crippen LogP contribution is -2.37. The van der Waals surface area contributed by atoms with Crippen LogP contribution in [0.5, 0.6) is 5.88 Å². The molecule has 1 aliphatic heterocycles. The van der Waals surface area contributed by atoms with E-state index < -0.39 is 16.1 Å². The minimum atomic E-state index is -3.84. The lowest BCUT2D eigenvalue weighted by molar-refractivity contribution is 0.0980. The molecule has 4 rings (SSSR count). The maximum absolute atomic E-state index is 13.5. The van der Waals surface area contributed by atoms with Gasteiger partial charge in [-0.25, -0.2) is 18.2 Å². The van der Waals surface area contributed by atoms with Gasteiger partial charge >= 0.3 is 6.09 Å². The number of ether oxygens (including phenoxy) is 1. The van der Waals surface area contributed by atoms with Crippen LogP contribution in [0.25, 0.3) is 10.8 Å². The highest BCUT2D eigenvalue weighted by molar-refractivity contribution is 7.89. The highest BCUT2D eigenvalue weighted by Gasteiger charge is 2.30. The van der Waals surface area contributed by atoms with E-state index in [1.165, 1.54) is 10.5 Å². The van der Waals surface area contributed by atoms with E-state index in [9.17, 15) is 18.3 Å². The van der Waals surface area contributed by atoms with Crippen molar-refractivity contribution in [3.8, 4) is 5.88 Å². The summed E-state index contributed by atoms with van der Waals surface area (Å²) in [6.07, 6.45) is 1.50. The number of aryl methyl sites for hydroxylation is 1. The van der Waals surface area contributed by atoms with Crippen LogP contribution in [0.4, 0.5) is 4.79 Å². The second kappa shape index (κ2) is 9.13. The second-order valence-electron chi connectivity index (χ2n) is 7.73. The Balaban J connectivity index is 1.50. The van der Waals surface area contributed by atoms with Crippen LogP contribution in [-0.4, -0.2) is 60.0 Å². The van der Waals surface area contributed by atoms with Crippen molar-refractivity contribution in [2.24, 2.45) is 0 Å². The fraction of sp³-hybridized carbons (Fsp3) is 0.304. The zero-order valence-corrected chi connectivity index (χ0v) is 18.6. The van der Waals surface area contributed by atoms with Gasteiger partial charge < -0.3 is 14.7 Å². The number of pyridine rings is 1. The summed E-state index contributed by atoms with van der Waals surface area (Å²) in [5.74, 6) is -0.203. The average Bonchev–Trinajstić information content (AvgIpc) is 3.07. The van der Waals surface area contributed by atoms with Gasteiger partial charge in [0.25, 0.3) is 0 Å².